The molecule has 2 aliphatic carbocycles. The number of fused-ring (bicyclic) bond motifs is 10. The summed E-state index contributed by atoms with van der Waals surface area (Å²) in [5.41, 5.74) is 14.1. The predicted octanol–water partition coefficient (Wildman–Crippen LogP) is 9.85. The van der Waals surface area contributed by atoms with Crippen LogP contribution in [0.15, 0.2) is 115 Å². The maximum absolute atomic E-state index is 5.52. The van der Waals surface area contributed by atoms with Gasteiger partial charge in [-0.3, -0.25) is 4.57 Å². The summed E-state index contributed by atoms with van der Waals surface area (Å²) in [5.74, 6) is 0.722. The van der Waals surface area contributed by atoms with Gasteiger partial charge in [0.1, 0.15) is 0 Å². The second-order valence-corrected chi connectivity index (χ2v) is 13.0. The number of aromatic nitrogens is 3. The van der Waals surface area contributed by atoms with E-state index in [2.05, 4.69) is 148 Å². The lowest BCUT2D eigenvalue weighted by Crippen LogP contribution is -2.19. The third-order valence-electron chi connectivity index (χ3n) is 9.99. The highest BCUT2D eigenvalue weighted by atomic mass is 15.2. The second kappa shape index (κ2) is 8.29. The smallest absolute Gasteiger partial charge is 0.235 e. The average Bonchev–Trinajstić information content (AvgIpc) is 3.58. The van der Waals surface area contributed by atoms with Crippen molar-refractivity contribution in [2.24, 2.45) is 0 Å². The van der Waals surface area contributed by atoms with E-state index >= 15 is 0 Å². The van der Waals surface area contributed by atoms with Gasteiger partial charge in [0.05, 0.1) is 22.4 Å². The minimum atomic E-state index is -0.261. The van der Waals surface area contributed by atoms with E-state index in [1.807, 2.05) is 0 Å². The van der Waals surface area contributed by atoms with Crippen molar-refractivity contribution in [1.29, 1.82) is 0 Å². The summed E-state index contributed by atoms with van der Waals surface area (Å²) in [7, 11) is 0. The molecule has 7 aromatic rings. The van der Waals surface area contributed by atoms with Gasteiger partial charge in [0, 0.05) is 38.3 Å². The van der Waals surface area contributed by atoms with Crippen LogP contribution in [0.2, 0.25) is 0 Å². The summed E-state index contributed by atoms with van der Waals surface area (Å²) in [6, 6.07) is 41.6. The van der Waals surface area contributed by atoms with Crippen molar-refractivity contribution < 1.29 is 0 Å². The topological polar surface area (TPSA) is 30.7 Å². The number of hydrogen-bond donors (Lipinski definition) is 0. The molecule has 0 unspecified atom stereocenters. The third-order valence-corrected chi connectivity index (χ3v) is 9.99. The zero-order valence-corrected chi connectivity index (χ0v) is 24.8. The molecule has 0 N–H and O–H groups in total. The van der Waals surface area contributed by atoms with E-state index in [0.717, 1.165) is 34.0 Å². The van der Waals surface area contributed by atoms with Gasteiger partial charge in [0.15, 0.2) is 0 Å². The van der Waals surface area contributed by atoms with Crippen molar-refractivity contribution in [2.75, 3.05) is 0 Å². The Morgan fingerprint density at radius 3 is 1.91 bits per heavy atom. The molecule has 2 heterocycles. The number of benzene rings is 5. The standard InChI is InChI=1S/C40H31N3/c1-39(2)29-19-11-8-17-27(29)33-31(39)23-22-26-25-16-10-13-21-32(25)43(36(26)33)38-41-35(24-14-6-5-7-15-24)34-28-18-9-12-20-30(28)40(3,4)37(34)42-38/h5-23H,1-4H3. The van der Waals surface area contributed by atoms with E-state index in [4.69, 9.17) is 9.97 Å². The Morgan fingerprint density at radius 1 is 0.512 bits per heavy atom. The first-order valence-corrected chi connectivity index (χ1v) is 15.1. The lowest BCUT2D eigenvalue weighted by molar-refractivity contribution is 0.632. The fourth-order valence-corrected chi connectivity index (χ4v) is 7.88. The van der Waals surface area contributed by atoms with Crippen LogP contribution in [0.3, 0.4) is 0 Å². The molecule has 206 valence electrons. The van der Waals surface area contributed by atoms with Crippen LogP contribution in [0.1, 0.15) is 50.1 Å². The molecule has 3 nitrogen and oxygen atoms in total. The Morgan fingerprint density at radius 2 is 1.14 bits per heavy atom. The van der Waals surface area contributed by atoms with Gasteiger partial charge < -0.3 is 0 Å². The zero-order valence-electron chi connectivity index (χ0n) is 24.8. The predicted molar refractivity (Wildman–Crippen MR) is 177 cm³/mol. The first-order valence-electron chi connectivity index (χ1n) is 15.1. The van der Waals surface area contributed by atoms with E-state index < -0.39 is 0 Å². The van der Waals surface area contributed by atoms with E-state index in [1.165, 1.54) is 49.7 Å². The molecule has 0 aliphatic heterocycles. The molecule has 2 aromatic heterocycles. The quantitative estimate of drug-likeness (QED) is 0.213. The highest BCUT2D eigenvalue weighted by Gasteiger charge is 2.41. The normalized spacial score (nSPS) is 15.3. The fourth-order valence-electron chi connectivity index (χ4n) is 7.88. The molecule has 0 radical (unpaired) electrons. The van der Waals surface area contributed by atoms with Crippen LogP contribution in [0.25, 0.3) is 61.3 Å². The van der Waals surface area contributed by atoms with E-state index in [1.54, 1.807) is 0 Å². The van der Waals surface area contributed by atoms with Crippen LogP contribution >= 0.6 is 0 Å². The Kier molecular flexibility index (Phi) is 4.74. The van der Waals surface area contributed by atoms with Gasteiger partial charge in [-0.25, -0.2) is 9.97 Å². The van der Waals surface area contributed by atoms with Gasteiger partial charge in [-0.15, -0.1) is 0 Å². The molecule has 43 heavy (non-hydrogen) atoms. The van der Waals surface area contributed by atoms with Crippen LogP contribution in [0, 0.1) is 0 Å². The van der Waals surface area contributed by atoms with Crippen molar-refractivity contribution in [2.45, 2.75) is 38.5 Å². The van der Waals surface area contributed by atoms with E-state index in [9.17, 15) is 0 Å². The van der Waals surface area contributed by atoms with Crippen LogP contribution < -0.4 is 0 Å². The second-order valence-electron chi connectivity index (χ2n) is 13.0. The van der Waals surface area contributed by atoms with E-state index in [-0.39, 0.29) is 10.8 Å². The van der Waals surface area contributed by atoms with Gasteiger partial charge in [-0.1, -0.05) is 137 Å². The fraction of sp³-hybridized carbons (Fsp3) is 0.150. The molecular weight excluding hydrogens is 522 g/mol. The molecule has 2 aliphatic rings. The minimum absolute atomic E-state index is 0.0982. The first kappa shape index (κ1) is 24.6. The third kappa shape index (κ3) is 3.09. The number of rotatable bonds is 2. The van der Waals surface area contributed by atoms with Gasteiger partial charge in [-0.05, 0) is 33.9 Å². The number of nitrogens with zero attached hydrogens (tertiary/aromatic N) is 3. The summed E-state index contributed by atoms with van der Waals surface area (Å²) in [5, 5.41) is 2.45. The Labute approximate surface area is 251 Å². The van der Waals surface area contributed by atoms with Crippen molar-refractivity contribution in [3.63, 3.8) is 0 Å². The molecule has 9 rings (SSSR count). The van der Waals surface area contributed by atoms with Crippen LogP contribution in [0.5, 0.6) is 0 Å². The molecule has 0 fully saturated rings. The van der Waals surface area contributed by atoms with Crippen molar-refractivity contribution in [1.82, 2.24) is 14.5 Å². The summed E-state index contributed by atoms with van der Waals surface area (Å²) in [4.78, 5) is 11.0. The largest absolute Gasteiger partial charge is 0.277 e. The lowest BCUT2D eigenvalue weighted by Gasteiger charge is -2.22. The zero-order chi connectivity index (χ0) is 29.1. The summed E-state index contributed by atoms with van der Waals surface area (Å²) >= 11 is 0. The van der Waals surface area contributed by atoms with Gasteiger partial charge in [0.25, 0.3) is 0 Å². The van der Waals surface area contributed by atoms with Crippen molar-refractivity contribution in [3.05, 3.63) is 138 Å². The van der Waals surface area contributed by atoms with Gasteiger partial charge in [0.2, 0.25) is 5.95 Å². The van der Waals surface area contributed by atoms with Crippen LogP contribution in [-0.2, 0) is 10.8 Å². The Hall–Kier alpha value is -5.02. The molecule has 0 atom stereocenters. The Balaban J connectivity index is 1.46. The number of para-hydroxylation sites is 1. The minimum Gasteiger partial charge on any atom is -0.277 e. The summed E-state index contributed by atoms with van der Waals surface area (Å²) in [6.45, 7) is 9.28. The molecule has 3 heteroatoms. The molecule has 0 spiro atoms. The lowest BCUT2D eigenvalue weighted by atomic mass is 9.82. The highest BCUT2D eigenvalue weighted by Crippen LogP contribution is 2.54. The summed E-state index contributed by atoms with van der Waals surface area (Å²) < 4.78 is 2.34. The molecule has 0 amide bonds. The monoisotopic (exact) mass is 553 g/mol. The molecular formula is C40H31N3. The molecule has 5 aromatic carbocycles. The number of hydrogen-bond acceptors (Lipinski definition) is 2. The van der Waals surface area contributed by atoms with Gasteiger partial charge >= 0.3 is 0 Å². The molecule has 0 saturated carbocycles. The first-order chi connectivity index (χ1) is 20.9. The average molecular weight is 554 g/mol. The van der Waals surface area contributed by atoms with Crippen molar-refractivity contribution >= 4 is 21.8 Å². The summed E-state index contributed by atoms with van der Waals surface area (Å²) in [6.07, 6.45) is 0. The molecule has 0 saturated heterocycles. The van der Waals surface area contributed by atoms with Crippen LogP contribution in [-0.4, -0.2) is 14.5 Å². The SMILES string of the molecule is CC1(C)c2ccccc2-c2c1ccc1c3ccccc3n(-c3nc(-c4ccccc4)c4c(n3)C(C)(C)c3ccccc3-4)c21. The molecule has 0 bridgehead atoms. The van der Waals surface area contributed by atoms with Crippen LogP contribution in [0.4, 0.5) is 0 Å². The van der Waals surface area contributed by atoms with Gasteiger partial charge in [-0.2, -0.15) is 0 Å². The highest BCUT2D eigenvalue weighted by molar-refractivity contribution is 6.15. The maximum Gasteiger partial charge on any atom is 0.235 e. The maximum atomic E-state index is 5.52. The van der Waals surface area contributed by atoms with E-state index in [0.29, 0.717) is 0 Å². The Bertz CT molecular complexity index is 2290. The van der Waals surface area contributed by atoms with Crippen molar-refractivity contribution in [3.8, 4) is 39.5 Å².